The molecule has 0 spiro atoms. The van der Waals surface area contributed by atoms with Gasteiger partial charge in [0.25, 0.3) is 0 Å². The number of aromatic amines is 1. The maximum atomic E-state index is 12.9. The normalized spacial score (nSPS) is 14.7. The van der Waals surface area contributed by atoms with Gasteiger partial charge in [-0.2, -0.15) is 4.98 Å². The first kappa shape index (κ1) is 27.5. The van der Waals surface area contributed by atoms with E-state index >= 15 is 0 Å². The molecule has 0 bridgehead atoms. The van der Waals surface area contributed by atoms with Gasteiger partial charge in [0.1, 0.15) is 11.9 Å². The fraction of sp³-hybridized carbons (Fsp3) is 0.286. The molecule has 2 aromatic carbocycles. The van der Waals surface area contributed by atoms with E-state index in [0.717, 1.165) is 22.9 Å². The second-order valence-corrected chi connectivity index (χ2v) is 10.5. The predicted molar refractivity (Wildman–Crippen MR) is 154 cm³/mol. The van der Waals surface area contributed by atoms with E-state index in [4.69, 9.17) is 23.2 Å². The Balaban J connectivity index is 1.17. The van der Waals surface area contributed by atoms with Gasteiger partial charge in [-0.1, -0.05) is 47.5 Å². The number of H-pyrrole nitrogens is 1. The second kappa shape index (κ2) is 12.0. The minimum atomic E-state index is -1.31. The third-order valence-corrected chi connectivity index (χ3v) is 7.91. The van der Waals surface area contributed by atoms with Crippen LogP contribution in [0.3, 0.4) is 0 Å². The van der Waals surface area contributed by atoms with Crippen LogP contribution in [-0.4, -0.2) is 55.7 Å². The van der Waals surface area contributed by atoms with Crippen LogP contribution in [0.5, 0.6) is 0 Å². The molecule has 2 aromatic heterocycles. The number of amides is 2. The summed E-state index contributed by atoms with van der Waals surface area (Å²) in [5.41, 5.74) is 2.32. The first-order valence-corrected chi connectivity index (χ1v) is 13.6. The number of hydrogen-bond acceptors (Lipinski definition) is 5. The number of para-hydroxylation sites is 1. The van der Waals surface area contributed by atoms with Gasteiger partial charge in [0, 0.05) is 58.5 Å². The lowest BCUT2D eigenvalue weighted by Gasteiger charge is -2.32. The van der Waals surface area contributed by atoms with Gasteiger partial charge in [0.2, 0.25) is 0 Å². The lowest BCUT2D eigenvalue weighted by molar-refractivity contribution is -0.139. The molecule has 4 N–H and O–H groups in total. The van der Waals surface area contributed by atoms with Crippen molar-refractivity contribution in [3.05, 3.63) is 92.6 Å². The van der Waals surface area contributed by atoms with Crippen LogP contribution in [0.1, 0.15) is 29.9 Å². The van der Waals surface area contributed by atoms with E-state index in [1.54, 1.807) is 29.2 Å². The lowest BCUT2D eigenvalue weighted by atomic mass is 9.89. The van der Waals surface area contributed by atoms with E-state index in [2.05, 4.69) is 26.7 Å². The van der Waals surface area contributed by atoms with Crippen LogP contribution in [0.4, 0.5) is 10.6 Å². The van der Waals surface area contributed by atoms with Crippen molar-refractivity contribution in [1.29, 1.82) is 0 Å². The molecule has 0 aliphatic carbocycles. The molecular weight excluding hydrogens is 555 g/mol. The SMILES string of the molecule is O=C(O)[C@H](Cn1ccc(NCc2c(Cl)cccc2Cl)nc1=O)NC(=O)N1CCC(c2c[nH]c3ccccc23)CC1. The van der Waals surface area contributed by atoms with E-state index in [-0.39, 0.29) is 18.9 Å². The van der Waals surface area contributed by atoms with Gasteiger partial charge >= 0.3 is 17.7 Å². The van der Waals surface area contributed by atoms with Crippen molar-refractivity contribution in [3.8, 4) is 0 Å². The van der Waals surface area contributed by atoms with Crippen molar-refractivity contribution in [1.82, 2.24) is 24.8 Å². The average Bonchev–Trinajstić information content (AvgIpc) is 3.38. The second-order valence-electron chi connectivity index (χ2n) is 9.69. The summed E-state index contributed by atoms with van der Waals surface area (Å²) in [5, 5.41) is 17.5. The number of aliphatic carboxylic acids is 1. The third kappa shape index (κ3) is 6.08. The van der Waals surface area contributed by atoms with Crippen molar-refractivity contribution < 1.29 is 14.7 Å². The average molecular weight is 583 g/mol. The number of piperidine rings is 1. The Kier molecular flexibility index (Phi) is 8.27. The fourth-order valence-corrected chi connectivity index (χ4v) is 5.53. The highest BCUT2D eigenvalue weighted by Crippen LogP contribution is 2.33. The summed E-state index contributed by atoms with van der Waals surface area (Å²) in [6.07, 6.45) is 5.00. The Hall–Kier alpha value is -4.02. The van der Waals surface area contributed by atoms with Crippen molar-refractivity contribution in [3.63, 3.8) is 0 Å². The molecule has 3 heterocycles. The first-order chi connectivity index (χ1) is 19.3. The standard InChI is InChI=1S/C28H28Cl2N6O4/c29-21-5-3-6-22(30)20(21)15-32-25-10-13-36(28(40)34-25)16-24(26(37)38)33-27(39)35-11-8-17(9-12-35)19-14-31-23-7-2-1-4-18(19)23/h1-7,10,13-14,17,24,31H,8-9,11-12,15-16H2,(H,33,39)(H,37,38)(H,32,34,40)/t24-/m0/s1. The minimum Gasteiger partial charge on any atom is -0.480 e. The number of urea groups is 1. The maximum Gasteiger partial charge on any atom is 0.349 e. The molecule has 12 heteroatoms. The molecule has 208 valence electrons. The molecule has 1 fully saturated rings. The highest BCUT2D eigenvalue weighted by Gasteiger charge is 2.28. The van der Waals surface area contributed by atoms with Gasteiger partial charge in [0.05, 0.1) is 6.54 Å². The summed E-state index contributed by atoms with van der Waals surface area (Å²) in [5.74, 6) is -0.656. The summed E-state index contributed by atoms with van der Waals surface area (Å²) < 4.78 is 1.15. The van der Waals surface area contributed by atoms with Gasteiger partial charge in [0.15, 0.2) is 0 Å². The quantitative estimate of drug-likeness (QED) is 0.238. The van der Waals surface area contributed by atoms with Crippen molar-refractivity contribution >= 4 is 51.9 Å². The van der Waals surface area contributed by atoms with E-state index in [0.29, 0.717) is 34.6 Å². The van der Waals surface area contributed by atoms with Crippen LogP contribution in [0.25, 0.3) is 10.9 Å². The van der Waals surface area contributed by atoms with E-state index in [9.17, 15) is 19.5 Å². The molecule has 40 heavy (non-hydrogen) atoms. The number of fused-ring (bicyclic) bond motifs is 1. The highest BCUT2D eigenvalue weighted by atomic mass is 35.5. The maximum absolute atomic E-state index is 12.9. The predicted octanol–water partition coefficient (Wildman–Crippen LogP) is 4.69. The zero-order chi connectivity index (χ0) is 28.2. The van der Waals surface area contributed by atoms with Crippen LogP contribution >= 0.6 is 23.2 Å². The lowest BCUT2D eigenvalue weighted by Crippen LogP contribution is -2.52. The topological polar surface area (TPSA) is 132 Å². The number of nitrogens with zero attached hydrogens (tertiary/aromatic N) is 3. The van der Waals surface area contributed by atoms with Crippen LogP contribution in [-0.2, 0) is 17.9 Å². The van der Waals surface area contributed by atoms with E-state index in [1.165, 1.54) is 17.1 Å². The molecule has 0 saturated carbocycles. The van der Waals surface area contributed by atoms with Gasteiger partial charge in [-0.15, -0.1) is 0 Å². The molecule has 1 saturated heterocycles. The Morgan fingerprint density at radius 1 is 1.07 bits per heavy atom. The Bertz CT molecular complexity index is 1570. The molecule has 2 amide bonds. The van der Waals surface area contributed by atoms with Gasteiger partial charge in [-0.05, 0) is 48.6 Å². The van der Waals surface area contributed by atoms with Gasteiger partial charge in [-0.25, -0.2) is 14.4 Å². The van der Waals surface area contributed by atoms with E-state index in [1.807, 2.05) is 24.4 Å². The van der Waals surface area contributed by atoms with Crippen molar-refractivity contribution in [2.24, 2.45) is 0 Å². The number of anilines is 1. The molecule has 1 atom stereocenters. The Morgan fingerprint density at radius 2 is 1.80 bits per heavy atom. The minimum absolute atomic E-state index is 0.250. The molecule has 1 aliphatic rings. The van der Waals surface area contributed by atoms with Crippen LogP contribution in [0, 0.1) is 0 Å². The number of likely N-dealkylation sites (tertiary alicyclic amines) is 1. The summed E-state index contributed by atoms with van der Waals surface area (Å²) in [6.45, 7) is 0.981. The summed E-state index contributed by atoms with van der Waals surface area (Å²) in [6, 6.07) is 13.0. The number of benzene rings is 2. The number of carbonyl (C=O) groups excluding carboxylic acids is 1. The molecule has 1 aliphatic heterocycles. The number of carboxylic acid groups (broad SMARTS) is 1. The summed E-state index contributed by atoms with van der Waals surface area (Å²) in [7, 11) is 0. The number of nitrogens with one attached hydrogen (secondary N) is 3. The molecule has 0 unspecified atom stereocenters. The van der Waals surface area contributed by atoms with Crippen LogP contribution in [0.15, 0.2) is 65.7 Å². The number of carbonyl (C=O) groups is 2. The molecule has 10 nitrogen and oxygen atoms in total. The highest BCUT2D eigenvalue weighted by molar-refractivity contribution is 6.36. The first-order valence-electron chi connectivity index (χ1n) is 12.9. The number of rotatable bonds is 8. The zero-order valence-corrected chi connectivity index (χ0v) is 23.0. The Morgan fingerprint density at radius 3 is 2.50 bits per heavy atom. The fourth-order valence-electron chi connectivity index (χ4n) is 4.99. The zero-order valence-electron chi connectivity index (χ0n) is 21.4. The van der Waals surface area contributed by atoms with Crippen molar-refractivity contribution in [2.45, 2.75) is 37.9 Å². The number of aromatic nitrogens is 3. The largest absolute Gasteiger partial charge is 0.480 e. The Labute approximate surface area is 239 Å². The van der Waals surface area contributed by atoms with Crippen LogP contribution in [0.2, 0.25) is 10.0 Å². The molecule has 5 rings (SSSR count). The monoisotopic (exact) mass is 582 g/mol. The van der Waals surface area contributed by atoms with Gasteiger partial charge < -0.3 is 25.6 Å². The smallest absolute Gasteiger partial charge is 0.349 e. The molecule has 4 aromatic rings. The van der Waals surface area contributed by atoms with Crippen LogP contribution < -0.4 is 16.3 Å². The molecule has 0 radical (unpaired) electrons. The number of halogens is 2. The number of carboxylic acids is 1. The molecular formula is C28H28Cl2N6O4. The third-order valence-electron chi connectivity index (χ3n) is 7.20. The van der Waals surface area contributed by atoms with Gasteiger partial charge in [-0.3, -0.25) is 4.57 Å². The summed E-state index contributed by atoms with van der Waals surface area (Å²) in [4.78, 5) is 46.4. The summed E-state index contributed by atoms with van der Waals surface area (Å²) >= 11 is 12.4. The van der Waals surface area contributed by atoms with Crippen molar-refractivity contribution in [2.75, 3.05) is 18.4 Å². The number of hydrogen-bond donors (Lipinski definition) is 4. The van der Waals surface area contributed by atoms with E-state index < -0.39 is 23.7 Å².